The van der Waals surface area contributed by atoms with Crippen LogP contribution >= 0.6 is 11.6 Å². The zero-order valence-electron chi connectivity index (χ0n) is 15.8. The highest BCUT2D eigenvalue weighted by molar-refractivity contribution is 6.32. The smallest absolute Gasteiger partial charge is 0.345 e. The van der Waals surface area contributed by atoms with Gasteiger partial charge in [-0.3, -0.25) is 4.79 Å². The van der Waals surface area contributed by atoms with E-state index in [9.17, 15) is 22.4 Å². The van der Waals surface area contributed by atoms with Gasteiger partial charge in [-0.2, -0.15) is 13.2 Å². The quantitative estimate of drug-likeness (QED) is 0.333. The molecule has 0 aliphatic heterocycles. The molecule has 150 valence electrons. The summed E-state index contributed by atoms with van der Waals surface area (Å²) in [5.74, 6) is -1.21. The van der Waals surface area contributed by atoms with E-state index in [1.807, 2.05) is 0 Å². The molecule has 0 radical (unpaired) electrons. The molecule has 0 fully saturated rings. The van der Waals surface area contributed by atoms with Crippen molar-refractivity contribution in [2.75, 3.05) is 0 Å². The average molecular weight is 406 g/mol. The molecule has 0 bridgehead atoms. The minimum Gasteiger partial charge on any atom is -0.345 e. The largest absolute Gasteiger partial charge is 0.416 e. The third kappa shape index (κ3) is 8.91. The third-order valence-electron chi connectivity index (χ3n) is 3.18. The molecule has 0 saturated heterocycles. The molecular weight excluding hydrogens is 382 g/mol. The van der Waals surface area contributed by atoms with Gasteiger partial charge in [-0.05, 0) is 37.6 Å². The zero-order valence-corrected chi connectivity index (χ0v) is 16.5. The second-order valence-corrected chi connectivity index (χ2v) is 6.27. The average Bonchev–Trinajstić information content (AvgIpc) is 2.55. The molecule has 1 rings (SSSR count). The molecule has 1 atom stereocenters. The van der Waals surface area contributed by atoms with Gasteiger partial charge < -0.3 is 5.32 Å². The molecule has 0 spiro atoms. The molecule has 27 heavy (non-hydrogen) atoms. The molecule has 7 heteroatoms. The van der Waals surface area contributed by atoms with Crippen molar-refractivity contribution in [1.29, 1.82) is 0 Å². The number of rotatable bonds is 5. The lowest BCUT2D eigenvalue weighted by Gasteiger charge is -2.16. The van der Waals surface area contributed by atoms with Crippen molar-refractivity contribution in [3.05, 3.63) is 70.6 Å². The SMILES string of the molecule is C=C/C(=C\C(C(=O)NC(C)c1ccc(F)cc1)=C(/C)Cl)C(F)(F)F.CCC. The van der Waals surface area contributed by atoms with Gasteiger partial charge in [-0.15, -0.1) is 0 Å². The predicted octanol–water partition coefficient (Wildman–Crippen LogP) is 6.61. The zero-order chi connectivity index (χ0) is 21.2. The molecule has 1 aromatic rings. The van der Waals surface area contributed by atoms with Crippen molar-refractivity contribution < 1.29 is 22.4 Å². The molecule has 0 aliphatic carbocycles. The van der Waals surface area contributed by atoms with Crippen molar-refractivity contribution in [2.24, 2.45) is 0 Å². The Bertz CT molecular complexity index is 687. The highest BCUT2D eigenvalue weighted by atomic mass is 35.5. The number of carbonyl (C=O) groups is 1. The number of halogens is 5. The summed E-state index contributed by atoms with van der Waals surface area (Å²) < 4.78 is 51.3. The van der Waals surface area contributed by atoms with E-state index in [0.29, 0.717) is 17.7 Å². The van der Waals surface area contributed by atoms with Crippen LogP contribution < -0.4 is 5.32 Å². The van der Waals surface area contributed by atoms with E-state index in [0.717, 1.165) is 0 Å². The van der Waals surface area contributed by atoms with E-state index in [1.54, 1.807) is 6.92 Å². The fraction of sp³-hybridized carbons (Fsp3) is 0.350. The third-order valence-corrected chi connectivity index (χ3v) is 3.38. The van der Waals surface area contributed by atoms with Crippen molar-refractivity contribution >= 4 is 17.5 Å². The van der Waals surface area contributed by atoms with Crippen molar-refractivity contribution in [3.63, 3.8) is 0 Å². The first-order valence-electron chi connectivity index (χ1n) is 8.31. The number of allylic oxidation sites excluding steroid dienone is 3. The van der Waals surface area contributed by atoms with Crippen LogP contribution in [-0.2, 0) is 4.79 Å². The van der Waals surface area contributed by atoms with Crippen LogP contribution in [0, 0.1) is 5.82 Å². The fourth-order valence-corrected chi connectivity index (χ4v) is 1.98. The first kappa shape index (κ1) is 24.9. The monoisotopic (exact) mass is 405 g/mol. The number of amides is 1. The molecule has 0 aliphatic rings. The van der Waals surface area contributed by atoms with Crippen LogP contribution in [0.4, 0.5) is 17.6 Å². The van der Waals surface area contributed by atoms with Gasteiger partial charge in [0.15, 0.2) is 0 Å². The van der Waals surface area contributed by atoms with Gasteiger partial charge >= 0.3 is 6.18 Å². The van der Waals surface area contributed by atoms with Crippen LogP contribution in [0.15, 0.2) is 59.2 Å². The first-order chi connectivity index (χ1) is 12.5. The second-order valence-electron chi connectivity index (χ2n) is 5.70. The molecule has 0 aromatic heterocycles. The number of benzene rings is 1. The van der Waals surface area contributed by atoms with E-state index < -0.39 is 29.5 Å². The van der Waals surface area contributed by atoms with Gasteiger partial charge in [0, 0.05) is 5.03 Å². The van der Waals surface area contributed by atoms with E-state index >= 15 is 0 Å². The van der Waals surface area contributed by atoms with Gasteiger partial charge in [0.1, 0.15) is 5.82 Å². The maximum Gasteiger partial charge on any atom is 0.416 e. The van der Waals surface area contributed by atoms with Crippen LogP contribution in [0.3, 0.4) is 0 Å². The van der Waals surface area contributed by atoms with Crippen molar-refractivity contribution in [2.45, 2.75) is 46.3 Å². The fourth-order valence-electron chi connectivity index (χ4n) is 1.84. The Morgan fingerprint density at radius 2 is 1.74 bits per heavy atom. The van der Waals surface area contributed by atoms with Gasteiger partial charge in [0.05, 0.1) is 17.2 Å². The Kier molecular flexibility index (Phi) is 10.7. The maximum atomic E-state index is 12.9. The predicted molar refractivity (Wildman–Crippen MR) is 102 cm³/mol. The van der Waals surface area contributed by atoms with E-state index in [4.69, 9.17) is 11.6 Å². The minimum atomic E-state index is -4.65. The van der Waals surface area contributed by atoms with Crippen LogP contribution in [-0.4, -0.2) is 12.1 Å². The van der Waals surface area contributed by atoms with Crippen LogP contribution in [0.25, 0.3) is 0 Å². The second kappa shape index (κ2) is 11.6. The minimum absolute atomic E-state index is 0.0950. The van der Waals surface area contributed by atoms with Crippen LogP contribution in [0.2, 0.25) is 0 Å². The molecule has 1 aromatic carbocycles. The topological polar surface area (TPSA) is 29.1 Å². The van der Waals surface area contributed by atoms with Crippen LogP contribution in [0.5, 0.6) is 0 Å². The molecule has 1 amide bonds. The summed E-state index contributed by atoms with van der Waals surface area (Å²) in [6.07, 6.45) is -2.15. The molecule has 1 N–H and O–H groups in total. The Labute approximate surface area is 162 Å². The molecule has 2 nitrogen and oxygen atoms in total. The Balaban J connectivity index is 0.00000210. The molecular formula is C20H24ClF4NO. The number of alkyl halides is 3. The summed E-state index contributed by atoms with van der Waals surface area (Å²) in [4.78, 5) is 12.2. The normalized spacial score (nSPS) is 13.7. The number of nitrogens with one attached hydrogen (secondary N) is 1. The lowest BCUT2D eigenvalue weighted by Crippen LogP contribution is -2.28. The van der Waals surface area contributed by atoms with Crippen molar-refractivity contribution in [3.8, 4) is 0 Å². The van der Waals surface area contributed by atoms with Gasteiger partial charge in [0.2, 0.25) is 0 Å². The lowest BCUT2D eigenvalue weighted by molar-refractivity contribution is -0.117. The summed E-state index contributed by atoms with van der Waals surface area (Å²) in [7, 11) is 0. The summed E-state index contributed by atoms with van der Waals surface area (Å²) in [6.45, 7) is 10.3. The Morgan fingerprint density at radius 1 is 1.26 bits per heavy atom. The molecule has 1 unspecified atom stereocenters. The number of hydrogen-bond donors (Lipinski definition) is 1. The van der Waals surface area contributed by atoms with Gasteiger partial charge in [0.25, 0.3) is 5.91 Å². The van der Waals surface area contributed by atoms with Gasteiger partial charge in [-0.25, -0.2) is 4.39 Å². The summed E-state index contributed by atoms with van der Waals surface area (Å²) >= 11 is 5.76. The maximum absolute atomic E-state index is 12.9. The van der Waals surface area contributed by atoms with Gasteiger partial charge in [-0.1, -0.05) is 56.7 Å². The van der Waals surface area contributed by atoms with Crippen LogP contribution in [0.1, 0.15) is 45.7 Å². The summed E-state index contributed by atoms with van der Waals surface area (Å²) in [5, 5.41) is 2.43. The summed E-state index contributed by atoms with van der Waals surface area (Å²) in [6, 6.07) is 4.84. The molecule has 0 saturated carbocycles. The lowest BCUT2D eigenvalue weighted by atomic mass is 10.1. The summed E-state index contributed by atoms with van der Waals surface area (Å²) in [5.41, 5.74) is -0.806. The first-order valence-corrected chi connectivity index (χ1v) is 8.69. The van der Waals surface area contributed by atoms with E-state index in [2.05, 4.69) is 25.7 Å². The van der Waals surface area contributed by atoms with Crippen molar-refractivity contribution in [1.82, 2.24) is 5.32 Å². The Hall–Kier alpha value is -2.08. The van der Waals surface area contributed by atoms with E-state index in [-0.39, 0.29) is 10.6 Å². The number of carbonyl (C=O) groups excluding carboxylic acids is 1. The van der Waals surface area contributed by atoms with E-state index in [1.165, 1.54) is 37.6 Å². The Morgan fingerprint density at radius 3 is 2.11 bits per heavy atom. The molecule has 0 heterocycles. The highest BCUT2D eigenvalue weighted by Gasteiger charge is 2.32. The highest BCUT2D eigenvalue weighted by Crippen LogP contribution is 2.28. The standard InChI is InChI=1S/C17H16ClF4NO.C3H8/c1-4-13(17(20,21)22)9-15(10(2)18)16(24)23-11(3)12-5-7-14(19)8-6-12;1-3-2/h4-9,11H,1H2,2-3H3,(H,23,24);3H2,1-2H3/b13-9+,15-10-;. The number of hydrogen-bond acceptors (Lipinski definition) is 1.